The van der Waals surface area contributed by atoms with Gasteiger partial charge in [-0.05, 0) is 12.8 Å². The number of aromatic nitrogens is 4. The number of nitrogens with two attached hydrogens (primary N) is 1. The molecule has 90 valence electrons. The van der Waals surface area contributed by atoms with Crippen LogP contribution in [0.2, 0.25) is 0 Å². The Labute approximate surface area is 103 Å². The quantitative estimate of drug-likeness (QED) is 0.817. The van der Waals surface area contributed by atoms with Crippen molar-refractivity contribution in [1.29, 1.82) is 0 Å². The van der Waals surface area contributed by atoms with E-state index in [0.717, 1.165) is 12.8 Å². The molecule has 1 unspecified atom stereocenters. The number of imidazole rings is 1. The molecule has 1 fully saturated rings. The molecule has 2 N–H and O–H groups in total. The van der Waals surface area contributed by atoms with E-state index in [-0.39, 0.29) is 12.3 Å². The van der Waals surface area contributed by atoms with Crippen molar-refractivity contribution in [2.24, 2.45) is 0 Å². The molecule has 0 bridgehead atoms. The monoisotopic (exact) mass is 253 g/mol. The van der Waals surface area contributed by atoms with Crippen LogP contribution in [0.15, 0.2) is 12.7 Å². The molecule has 17 heavy (non-hydrogen) atoms. The summed E-state index contributed by atoms with van der Waals surface area (Å²) in [4.78, 5) is 12.3. The fourth-order valence-electron chi connectivity index (χ4n) is 2.09. The van der Waals surface area contributed by atoms with Gasteiger partial charge in [0.25, 0.3) is 0 Å². The van der Waals surface area contributed by atoms with E-state index in [2.05, 4.69) is 15.0 Å². The Bertz CT molecular complexity index is 542. The first-order valence-corrected chi connectivity index (χ1v) is 5.97. The van der Waals surface area contributed by atoms with Crippen LogP contribution in [0.3, 0.4) is 0 Å². The number of anilines is 1. The maximum absolute atomic E-state index is 5.79. The van der Waals surface area contributed by atoms with Crippen molar-refractivity contribution in [2.45, 2.75) is 25.2 Å². The minimum atomic E-state index is -0.0574. The van der Waals surface area contributed by atoms with Gasteiger partial charge in [0.05, 0.1) is 12.4 Å². The molecule has 1 aliphatic heterocycles. The van der Waals surface area contributed by atoms with E-state index in [1.165, 1.54) is 6.33 Å². The summed E-state index contributed by atoms with van der Waals surface area (Å²) < 4.78 is 7.68. The van der Waals surface area contributed by atoms with Gasteiger partial charge in [0.1, 0.15) is 18.1 Å². The van der Waals surface area contributed by atoms with E-state index in [9.17, 15) is 0 Å². The molecule has 2 aromatic rings. The van der Waals surface area contributed by atoms with Gasteiger partial charge in [-0.25, -0.2) is 15.0 Å². The molecule has 6 nitrogen and oxygen atoms in total. The molecule has 3 rings (SSSR count). The van der Waals surface area contributed by atoms with Gasteiger partial charge in [-0.3, -0.25) is 4.57 Å². The van der Waals surface area contributed by atoms with E-state index in [4.69, 9.17) is 22.1 Å². The molecule has 0 radical (unpaired) electrons. The van der Waals surface area contributed by atoms with E-state index in [1.54, 1.807) is 6.33 Å². The minimum Gasteiger partial charge on any atom is -0.382 e. The van der Waals surface area contributed by atoms with Gasteiger partial charge in [0.2, 0.25) is 0 Å². The molecule has 7 heteroatoms. The minimum absolute atomic E-state index is 0.0574. The number of fused-ring (bicyclic) bond motifs is 1. The summed E-state index contributed by atoms with van der Waals surface area (Å²) >= 11 is 5.78. The van der Waals surface area contributed by atoms with Gasteiger partial charge in [-0.1, -0.05) is 0 Å². The van der Waals surface area contributed by atoms with Crippen LogP contribution in [0.25, 0.3) is 11.2 Å². The highest BCUT2D eigenvalue weighted by Gasteiger charge is 2.27. The fraction of sp³-hybridized carbons (Fsp3) is 0.500. The smallest absolute Gasteiger partial charge is 0.167 e. The van der Waals surface area contributed by atoms with Crippen molar-refractivity contribution in [2.75, 3.05) is 11.6 Å². The summed E-state index contributed by atoms with van der Waals surface area (Å²) in [5.41, 5.74) is 7.06. The highest BCUT2D eigenvalue weighted by Crippen LogP contribution is 2.31. The van der Waals surface area contributed by atoms with Crippen LogP contribution < -0.4 is 5.73 Å². The van der Waals surface area contributed by atoms with Crippen LogP contribution in [0.4, 0.5) is 5.82 Å². The zero-order valence-corrected chi connectivity index (χ0v) is 9.84. The SMILES string of the molecule is Nc1ncnc2c1ncn2C1CC[C@@H](CCl)O1. The Morgan fingerprint density at radius 2 is 2.29 bits per heavy atom. The predicted octanol–water partition coefficient (Wildman–Crippen LogP) is 1.32. The molecule has 0 aliphatic carbocycles. The first kappa shape index (κ1) is 10.7. The average Bonchev–Trinajstić information content (AvgIpc) is 2.94. The third-order valence-electron chi connectivity index (χ3n) is 2.95. The van der Waals surface area contributed by atoms with Crippen molar-refractivity contribution in [1.82, 2.24) is 19.5 Å². The Morgan fingerprint density at radius 3 is 3.06 bits per heavy atom. The zero-order chi connectivity index (χ0) is 11.8. The van der Waals surface area contributed by atoms with Crippen LogP contribution >= 0.6 is 11.6 Å². The lowest BCUT2D eigenvalue weighted by molar-refractivity contribution is 0.0147. The standard InChI is InChI=1S/C10H12ClN5O/c11-3-6-1-2-7(17-6)16-5-15-8-9(12)13-4-14-10(8)16/h4-7H,1-3H2,(H2,12,13,14)/t6-,7?/m0/s1. The van der Waals surface area contributed by atoms with E-state index < -0.39 is 0 Å². The van der Waals surface area contributed by atoms with Gasteiger partial charge < -0.3 is 10.5 Å². The van der Waals surface area contributed by atoms with Crippen LogP contribution in [0, 0.1) is 0 Å². The number of alkyl halides is 1. The summed E-state index contributed by atoms with van der Waals surface area (Å²) in [6, 6.07) is 0. The second-order valence-electron chi connectivity index (χ2n) is 4.03. The number of ether oxygens (including phenoxy) is 1. The Morgan fingerprint density at radius 1 is 1.41 bits per heavy atom. The van der Waals surface area contributed by atoms with Crippen molar-refractivity contribution in [3.8, 4) is 0 Å². The van der Waals surface area contributed by atoms with E-state index in [1.807, 2.05) is 4.57 Å². The van der Waals surface area contributed by atoms with E-state index in [0.29, 0.717) is 22.9 Å². The second-order valence-corrected chi connectivity index (χ2v) is 4.34. The Hall–Kier alpha value is -1.40. The highest BCUT2D eigenvalue weighted by molar-refractivity contribution is 6.18. The Kier molecular flexibility index (Phi) is 2.60. The highest BCUT2D eigenvalue weighted by atomic mass is 35.5. The topological polar surface area (TPSA) is 78.9 Å². The first-order valence-electron chi connectivity index (χ1n) is 5.44. The van der Waals surface area contributed by atoms with Crippen LogP contribution in [0.1, 0.15) is 19.1 Å². The molecule has 1 saturated heterocycles. The molecule has 3 heterocycles. The summed E-state index contributed by atoms with van der Waals surface area (Å²) in [6.07, 6.45) is 5.04. The molecule has 0 amide bonds. The van der Waals surface area contributed by atoms with Crippen LogP contribution in [0.5, 0.6) is 0 Å². The number of rotatable bonds is 2. The number of nitrogens with zero attached hydrogens (tertiary/aromatic N) is 4. The first-order chi connectivity index (χ1) is 8.29. The maximum Gasteiger partial charge on any atom is 0.167 e. The van der Waals surface area contributed by atoms with Crippen molar-refractivity contribution < 1.29 is 4.74 Å². The van der Waals surface area contributed by atoms with Crippen LogP contribution in [-0.2, 0) is 4.74 Å². The predicted molar refractivity (Wildman–Crippen MR) is 63.6 cm³/mol. The molecule has 2 aromatic heterocycles. The number of nitrogen functional groups attached to an aromatic ring is 1. The van der Waals surface area contributed by atoms with Gasteiger partial charge >= 0.3 is 0 Å². The van der Waals surface area contributed by atoms with Gasteiger partial charge in [-0.15, -0.1) is 11.6 Å². The van der Waals surface area contributed by atoms with Crippen molar-refractivity contribution >= 4 is 28.6 Å². The number of hydrogen-bond acceptors (Lipinski definition) is 5. The molecular weight excluding hydrogens is 242 g/mol. The van der Waals surface area contributed by atoms with Crippen LogP contribution in [-0.4, -0.2) is 31.5 Å². The summed E-state index contributed by atoms with van der Waals surface area (Å²) in [5.74, 6) is 0.904. The zero-order valence-electron chi connectivity index (χ0n) is 9.08. The lowest BCUT2D eigenvalue weighted by Gasteiger charge is -2.13. The summed E-state index contributed by atoms with van der Waals surface area (Å²) in [5, 5.41) is 0. The third-order valence-corrected chi connectivity index (χ3v) is 3.30. The van der Waals surface area contributed by atoms with Gasteiger partial charge in [-0.2, -0.15) is 0 Å². The fourth-order valence-corrected chi connectivity index (χ4v) is 2.31. The maximum atomic E-state index is 5.79. The molecular formula is C10H12ClN5O. The largest absolute Gasteiger partial charge is 0.382 e. The molecule has 0 saturated carbocycles. The third kappa shape index (κ3) is 1.73. The lowest BCUT2D eigenvalue weighted by atomic mass is 10.2. The average molecular weight is 254 g/mol. The van der Waals surface area contributed by atoms with Crippen molar-refractivity contribution in [3.63, 3.8) is 0 Å². The number of hydrogen-bond donors (Lipinski definition) is 1. The van der Waals surface area contributed by atoms with Gasteiger partial charge in [0.15, 0.2) is 11.5 Å². The molecule has 0 spiro atoms. The second kappa shape index (κ2) is 4.12. The van der Waals surface area contributed by atoms with E-state index >= 15 is 0 Å². The van der Waals surface area contributed by atoms with Crippen molar-refractivity contribution in [3.05, 3.63) is 12.7 Å². The molecule has 1 aliphatic rings. The molecule has 0 aromatic carbocycles. The normalized spacial score (nSPS) is 24.5. The van der Waals surface area contributed by atoms with Gasteiger partial charge in [0, 0.05) is 5.88 Å². The Balaban J connectivity index is 1.99. The lowest BCUT2D eigenvalue weighted by Crippen LogP contribution is -2.12. The number of halogens is 1. The summed E-state index contributed by atoms with van der Waals surface area (Å²) in [7, 11) is 0. The summed E-state index contributed by atoms with van der Waals surface area (Å²) in [6.45, 7) is 0. The molecule has 2 atom stereocenters.